The number of nitriles is 1. The molecule has 0 aliphatic carbocycles. The first-order valence-corrected chi connectivity index (χ1v) is 4.92. The summed E-state index contributed by atoms with van der Waals surface area (Å²) in [4.78, 5) is 2.15. The van der Waals surface area contributed by atoms with Gasteiger partial charge in [0.15, 0.2) is 0 Å². The van der Waals surface area contributed by atoms with Crippen molar-refractivity contribution in [3.63, 3.8) is 0 Å². The molecule has 1 atom stereocenters. The van der Waals surface area contributed by atoms with Crippen molar-refractivity contribution < 1.29 is 0 Å². The van der Waals surface area contributed by atoms with Gasteiger partial charge in [0.25, 0.3) is 0 Å². The topological polar surface area (TPSA) is 27.0 Å². The van der Waals surface area contributed by atoms with Gasteiger partial charge >= 0.3 is 0 Å². The molecule has 0 aliphatic heterocycles. The largest absolute Gasteiger partial charge is 0.371 e. The smallest absolute Gasteiger partial charge is 0.101 e. The molecule has 0 radical (unpaired) electrons. The minimum atomic E-state index is 0.462. The van der Waals surface area contributed by atoms with Crippen molar-refractivity contribution in [2.45, 2.75) is 26.3 Å². The molecule has 1 unspecified atom stereocenters. The second kappa shape index (κ2) is 4.66. The molecule has 0 bridgehead atoms. The van der Waals surface area contributed by atoms with Gasteiger partial charge in [-0.25, -0.2) is 0 Å². The van der Waals surface area contributed by atoms with E-state index in [0.717, 1.165) is 17.7 Å². The fraction of sp³-hybridized carbons (Fsp3) is 0.417. The van der Waals surface area contributed by atoms with Gasteiger partial charge in [0.2, 0.25) is 0 Å². The van der Waals surface area contributed by atoms with Crippen LogP contribution in [0.5, 0.6) is 0 Å². The van der Waals surface area contributed by atoms with Crippen molar-refractivity contribution in [2.24, 2.45) is 0 Å². The van der Waals surface area contributed by atoms with E-state index in [1.807, 2.05) is 31.3 Å². The average Bonchev–Trinajstić information content (AvgIpc) is 2.26. The van der Waals surface area contributed by atoms with E-state index in [1.54, 1.807) is 0 Å². The van der Waals surface area contributed by atoms with Gasteiger partial charge in [-0.05, 0) is 25.5 Å². The van der Waals surface area contributed by atoms with E-state index in [4.69, 9.17) is 5.26 Å². The van der Waals surface area contributed by atoms with Gasteiger partial charge in [-0.15, -0.1) is 0 Å². The lowest BCUT2D eigenvalue weighted by atomic mass is 10.1. The highest BCUT2D eigenvalue weighted by Crippen LogP contribution is 2.20. The molecular weight excluding hydrogens is 172 g/mol. The number of rotatable bonds is 3. The quantitative estimate of drug-likeness (QED) is 0.729. The third-order valence-electron chi connectivity index (χ3n) is 2.66. The summed E-state index contributed by atoms with van der Waals surface area (Å²) in [6.45, 7) is 4.31. The van der Waals surface area contributed by atoms with Gasteiger partial charge in [-0.1, -0.05) is 19.1 Å². The van der Waals surface area contributed by atoms with Crippen molar-refractivity contribution >= 4 is 5.69 Å². The highest BCUT2D eigenvalue weighted by molar-refractivity contribution is 5.59. The third-order valence-corrected chi connectivity index (χ3v) is 2.66. The van der Waals surface area contributed by atoms with Gasteiger partial charge in [0.1, 0.15) is 6.07 Å². The fourth-order valence-corrected chi connectivity index (χ4v) is 1.39. The van der Waals surface area contributed by atoms with Gasteiger partial charge in [-0.2, -0.15) is 5.26 Å². The first kappa shape index (κ1) is 10.6. The van der Waals surface area contributed by atoms with Crippen LogP contribution in [0.1, 0.15) is 25.8 Å². The number of hydrogen-bond donors (Lipinski definition) is 0. The Morgan fingerprint density at radius 2 is 2.07 bits per heavy atom. The molecule has 0 saturated carbocycles. The maximum Gasteiger partial charge on any atom is 0.101 e. The lowest BCUT2D eigenvalue weighted by Crippen LogP contribution is -2.28. The van der Waals surface area contributed by atoms with Crippen LogP contribution in [0, 0.1) is 11.3 Å². The molecule has 2 nitrogen and oxygen atoms in total. The normalized spacial score (nSPS) is 11.9. The van der Waals surface area contributed by atoms with Crippen LogP contribution in [0.3, 0.4) is 0 Å². The lowest BCUT2D eigenvalue weighted by molar-refractivity contribution is 0.663. The summed E-state index contributed by atoms with van der Waals surface area (Å²) in [7, 11) is 2.03. The van der Waals surface area contributed by atoms with Gasteiger partial charge < -0.3 is 4.90 Å². The Morgan fingerprint density at radius 1 is 1.43 bits per heavy atom. The molecule has 74 valence electrons. The fourth-order valence-electron chi connectivity index (χ4n) is 1.39. The molecular formula is C12H16N2. The van der Waals surface area contributed by atoms with Crippen LogP contribution < -0.4 is 4.90 Å². The van der Waals surface area contributed by atoms with E-state index in [1.165, 1.54) is 0 Å². The van der Waals surface area contributed by atoms with E-state index < -0.39 is 0 Å². The van der Waals surface area contributed by atoms with Crippen LogP contribution in [0.15, 0.2) is 24.3 Å². The molecule has 0 saturated heterocycles. The summed E-state index contributed by atoms with van der Waals surface area (Å²) in [5.74, 6) is 0. The van der Waals surface area contributed by atoms with E-state index in [0.29, 0.717) is 6.04 Å². The summed E-state index contributed by atoms with van der Waals surface area (Å²) in [6, 6.07) is 10.4. The minimum Gasteiger partial charge on any atom is -0.371 e. The first-order valence-electron chi connectivity index (χ1n) is 4.92. The number of para-hydroxylation sites is 1. The molecule has 0 spiro atoms. The predicted octanol–water partition coefficient (Wildman–Crippen LogP) is 2.79. The number of benzene rings is 1. The average molecular weight is 188 g/mol. The zero-order chi connectivity index (χ0) is 10.6. The van der Waals surface area contributed by atoms with Gasteiger partial charge in [0, 0.05) is 13.1 Å². The maximum atomic E-state index is 8.95. The number of anilines is 1. The molecule has 0 aliphatic rings. The minimum absolute atomic E-state index is 0.462. The molecule has 0 N–H and O–H groups in total. The van der Waals surface area contributed by atoms with Crippen LogP contribution in [0.4, 0.5) is 5.69 Å². The van der Waals surface area contributed by atoms with E-state index >= 15 is 0 Å². The summed E-state index contributed by atoms with van der Waals surface area (Å²) >= 11 is 0. The third kappa shape index (κ3) is 2.05. The van der Waals surface area contributed by atoms with E-state index in [2.05, 4.69) is 24.8 Å². The zero-order valence-electron chi connectivity index (χ0n) is 8.99. The Balaban J connectivity index is 3.01. The van der Waals surface area contributed by atoms with Gasteiger partial charge in [-0.3, -0.25) is 0 Å². The summed E-state index contributed by atoms with van der Waals surface area (Å²) in [6.07, 6.45) is 1.08. The Labute approximate surface area is 85.8 Å². The molecule has 0 amide bonds. The van der Waals surface area contributed by atoms with Crippen molar-refractivity contribution in [1.82, 2.24) is 0 Å². The van der Waals surface area contributed by atoms with E-state index in [-0.39, 0.29) is 0 Å². The lowest BCUT2D eigenvalue weighted by Gasteiger charge is -2.26. The predicted molar refractivity (Wildman–Crippen MR) is 59.3 cm³/mol. The van der Waals surface area contributed by atoms with Crippen molar-refractivity contribution in [1.29, 1.82) is 5.26 Å². The first-order chi connectivity index (χ1) is 6.70. The molecule has 14 heavy (non-hydrogen) atoms. The SMILES string of the molecule is CCC(C)N(C)c1ccccc1C#N. The molecule has 1 aromatic rings. The summed E-state index contributed by atoms with van der Waals surface area (Å²) in [5, 5.41) is 8.95. The van der Waals surface area contributed by atoms with Crippen LogP contribution in [-0.4, -0.2) is 13.1 Å². The summed E-state index contributed by atoms with van der Waals surface area (Å²) < 4.78 is 0. The molecule has 2 heteroatoms. The zero-order valence-corrected chi connectivity index (χ0v) is 8.99. The van der Waals surface area contributed by atoms with Crippen molar-refractivity contribution in [2.75, 3.05) is 11.9 Å². The molecule has 1 rings (SSSR count). The van der Waals surface area contributed by atoms with Crippen molar-refractivity contribution in [3.05, 3.63) is 29.8 Å². The van der Waals surface area contributed by atoms with Crippen molar-refractivity contribution in [3.8, 4) is 6.07 Å². The Bertz CT molecular complexity index is 338. The second-order valence-corrected chi connectivity index (χ2v) is 3.50. The van der Waals surface area contributed by atoms with Gasteiger partial charge in [0.05, 0.1) is 11.3 Å². The second-order valence-electron chi connectivity index (χ2n) is 3.50. The molecule has 0 aromatic heterocycles. The monoisotopic (exact) mass is 188 g/mol. The molecule has 0 fully saturated rings. The van der Waals surface area contributed by atoms with Crippen LogP contribution in [0.2, 0.25) is 0 Å². The Morgan fingerprint density at radius 3 is 2.64 bits per heavy atom. The van der Waals surface area contributed by atoms with Crippen LogP contribution >= 0.6 is 0 Å². The molecule has 0 heterocycles. The Hall–Kier alpha value is -1.49. The standard InChI is InChI=1S/C12H16N2/c1-4-10(2)14(3)12-8-6-5-7-11(12)9-13/h5-8,10H,4H2,1-3H3. The highest BCUT2D eigenvalue weighted by Gasteiger charge is 2.10. The summed E-state index contributed by atoms with van der Waals surface area (Å²) in [5.41, 5.74) is 1.76. The van der Waals surface area contributed by atoms with Crippen LogP contribution in [0.25, 0.3) is 0 Å². The number of nitrogens with zero attached hydrogens (tertiary/aromatic N) is 2. The van der Waals surface area contributed by atoms with E-state index in [9.17, 15) is 0 Å². The number of hydrogen-bond acceptors (Lipinski definition) is 2. The molecule has 1 aromatic carbocycles. The maximum absolute atomic E-state index is 8.95. The Kier molecular flexibility index (Phi) is 3.53. The van der Waals surface area contributed by atoms with Crippen LogP contribution in [-0.2, 0) is 0 Å². The highest BCUT2D eigenvalue weighted by atomic mass is 15.1.